The van der Waals surface area contributed by atoms with Crippen molar-refractivity contribution in [2.24, 2.45) is 5.92 Å². The summed E-state index contributed by atoms with van der Waals surface area (Å²) in [6.45, 7) is 2.30. The molecule has 1 fully saturated rings. The molecule has 0 saturated heterocycles. The maximum absolute atomic E-state index is 6.23. The maximum atomic E-state index is 6.23. The summed E-state index contributed by atoms with van der Waals surface area (Å²) in [6, 6.07) is 2.18. The second kappa shape index (κ2) is 6.67. The quantitative estimate of drug-likeness (QED) is 0.787. The number of hydrogen-bond acceptors (Lipinski definition) is 3. The molecule has 1 aromatic heterocycles. The molecule has 0 aromatic carbocycles. The van der Waals surface area contributed by atoms with Crippen molar-refractivity contribution in [1.29, 1.82) is 0 Å². The molecular weight excluding hydrogens is 281 g/mol. The number of nitrogens with one attached hydrogen (secondary N) is 2. The fourth-order valence-corrected chi connectivity index (χ4v) is 3.13. The SMILES string of the molecule is CNc1nc(NC2CCCCCC2C)c(Cl)cc1Cl. The predicted octanol–water partition coefficient (Wildman–Crippen LogP) is 4.81. The molecule has 0 aliphatic heterocycles. The molecule has 1 saturated carbocycles. The van der Waals surface area contributed by atoms with Crippen LogP contribution in [-0.4, -0.2) is 18.1 Å². The third-order valence-corrected chi connectivity index (χ3v) is 4.43. The Morgan fingerprint density at radius 2 is 1.79 bits per heavy atom. The number of halogens is 2. The number of aromatic nitrogens is 1. The Kier molecular flexibility index (Phi) is 5.17. The summed E-state index contributed by atoms with van der Waals surface area (Å²) in [6.07, 6.45) is 6.36. The van der Waals surface area contributed by atoms with Crippen LogP contribution < -0.4 is 10.6 Å². The Morgan fingerprint density at radius 3 is 2.53 bits per heavy atom. The third-order valence-electron chi connectivity index (χ3n) is 3.85. The Morgan fingerprint density at radius 1 is 1.11 bits per heavy atom. The largest absolute Gasteiger partial charge is 0.372 e. The van der Waals surface area contributed by atoms with E-state index in [0.29, 0.717) is 27.8 Å². The summed E-state index contributed by atoms with van der Waals surface area (Å²) in [5, 5.41) is 7.61. The summed E-state index contributed by atoms with van der Waals surface area (Å²) in [4.78, 5) is 4.46. The molecule has 1 aliphatic rings. The van der Waals surface area contributed by atoms with E-state index >= 15 is 0 Å². The van der Waals surface area contributed by atoms with Gasteiger partial charge in [0.25, 0.3) is 0 Å². The minimum atomic E-state index is 0.443. The zero-order valence-electron chi connectivity index (χ0n) is 11.5. The van der Waals surface area contributed by atoms with Gasteiger partial charge in [-0.25, -0.2) is 4.98 Å². The summed E-state index contributed by atoms with van der Waals surface area (Å²) < 4.78 is 0. The molecule has 1 heterocycles. The van der Waals surface area contributed by atoms with E-state index in [4.69, 9.17) is 23.2 Å². The molecule has 5 heteroatoms. The summed E-state index contributed by atoms with van der Waals surface area (Å²) >= 11 is 12.3. The summed E-state index contributed by atoms with van der Waals surface area (Å²) in [5.74, 6) is 2.04. The van der Waals surface area contributed by atoms with E-state index in [1.54, 1.807) is 13.1 Å². The minimum Gasteiger partial charge on any atom is -0.372 e. The van der Waals surface area contributed by atoms with E-state index < -0.39 is 0 Å². The van der Waals surface area contributed by atoms with Gasteiger partial charge in [0, 0.05) is 13.1 Å². The first-order chi connectivity index (χ1) is 9.11. The standard InChI is InChI=1S/C14H21Cl2N3/c1-9-6-4-3-5-7-12(9)18-14-11(16)8-10(15)13(17-2)19-14/h8-9,12H,3-7H2,1-2H3,(H2,17,18,19). The van der Waals surface area contributed by atoms with Gasteiger partial charge in [0.05, 0.1) is 10.0 Å². The van der Waals surface area contributed by atoms with Crippen molar-refractivity contribution in [2.45, 2.75) is 45.1 Å². The first-order valence-electron chi connectivity index (χ1n) is 6.92. The normalized spacial score (nSPS) is 23.8. The molecule has 1 aromatic rings. The van der Waals surface area contributed by atoms with Crippen molar-refractivity contribution < 1.29 is 0 Å². The maximum Gasteiger partial charge on any atom is 0.147 e. The van der Waals surface area contributed by atoms with E-state index in [0.717, 1.165) is 5.82 Å². The highest BCUT2D eigenvalue weighted by atomic mass is 35.5. The summed E-state index contributed by atoms with van der Waals surface area (Å²) in [5.41, 5.74) is 0. The van der Waals surface area contributed by atoms with Crippen LogP contribution in [0.1, 0.15) is 39.0 Å². The molecule has 2 atom stereocenters. The van der Waals surface area contributed by atoms with Gasteiger partial charge in [-0.15, -0.1) is 0 Å². The van der Waals surface area contributed by atoms with Crippen LogP contribution in [0.25, 0.3) is 0 Å². The van der Waals surface area contributed by atoms with Gasteiger partial charge in [0.1, 0.15) is 11.6 Å². The van der Waals surface area contributed by atoms with Crippen LogP contribution in [0.3, 0.4) is 0 Å². The van der Waals surface area contributed by atoms with Crippen LogP contribution in [0.4, 0.5) is 11.6 Å². The Labute approximate surface area is 125 Å². The first kappa shape index (κ1) is 14.7. The van der Waals surface area contributed by atoms with Gasteiger partial charge in [-0.2, -0.15) is 0 Å². The predicted molar refractivity (Wildman–Crippen MR) is 83.5 cm³/mol. The van der Waals surface area contributed by atoms with Gasteiger partial charge < -0.3 is 10.6 Å². The van der Waals surface area contributed by atoms with Crippen LogP contribution in [0.5, 0.6) is 0 Å². The molecule has 106 valence electrons. The highest BCUT2D eigenvalue weighted by molar-refractivity contribution is 6.37. The number of anilines is 2. The van der Waals surface area contributed by atoms with Crippen LogP contribution in [0, 0.1) is 5.92 Å². The van der Waals surface area contributed by atoms with E-state index in [1.165, 1.54) is 32.1 Å². The Hall–Kier alpha value is -0.670. The van der Waals surface area contributed by atoms with Crippen molar-refractivity contribution in [1.82, 2.24) is 4.98 Å². The molecule has 0 spiro atoms. The second-order valence-corrected chi connectivity index (χ2v) is 6.08. The van der Waals surface area contributed by atoms with Crippen molar-refractivity contribution in [2.75, 3.05) is 17.7 Å². The van der Waals surface area contributed by atoms with Crippen molar-refractivity contribution >= 4 is 34.8 Å². The molecule has 2 rings (SSSR count). The molecule has 19 heavy (non-hydrogen) atoms. The van der Waals surface area contributed by atoms with Crippen LogP contribution in [0.2, 0.25) is 10.0 Å². The van der Waals surface area contributed by atoms with Crippen LogP contribution >= 0.6 is 23.2 Å². The first-order valence-corrected chi connectivity index (χ1v) is 7.67. The molecular formula is C14H21Cl2N3. The summed E-state index contributed by atoms with van der Waals surface area (Å²) in [7, 11) is 1.81. The molecule has 0 bridgehead atoms. The van der Waals surface area contributed by atoms with Crippen LogP contribution in [0.15, 0.2) is 6.07 Å². The van der Waals surface area contributed by atoms with E-state index in [2.05, 4.69) is 22.5 Å². The topological polar surface area (TPSA) is 37.0 Å². The average Bonchev–Trinajstić information content (AvgIpc) is 2.58. The average molecular weight is 302 g/mol. The van der Waals surface area contributed by atoms with Gasteiger partial charge in [0.2, 0.25) is 0 Å². The minimum absolute atomic E-state index is 0.443. The number of hydrogen-bond donors (Lipinski definition) is 2. The van der Waals surface area contributed by atoms with E-state index in [9.17, 15) is 0 Å². The molecule has 2 unspecified atom stereocenters. The third kappa shape index (κ3) is 3.67. The smallest absolute Gasteiger partial charge is 0.147 e. The number of pyridine rings is 1. The van der Waals surface area contributed by atoms with Gasteiger partial charge >= 0.3 is 0 Å². The highest BCUT2D eigenvalue weighted by Gasteiger charge is 2.21. The number of rotatable bonds is 3. The van der Waals surface area contributed by atoms with Crippen LogP contribution in [-0.2, 0) is 0 Å². The van der Waals surface area contributed by atoms with E-state index in [1.807, 2.05) is 0 Å². The fraction of sp³-hybridized carbons (Fsp3) is 0.643. The van der Waals surface area contributed by atoms with Crippen molar-refractivity contribution in [3.63, 3.8) is 0 Å². The van der Waals surface area contributed by atoms with Gasteiger partial charge in [0.15, 0.2) is 0 Å². The lowest BCUT2D eigenvalue weighted by molar-refractivity contribution is 0.456. The Balaban J connectivity index is 2.17. The zero-order valence-corrected chi connectivity index (χ0v) is 13.0. The zero-order chi connectivity index (χ0) is 13.8. The Bertz CT molecular complexity index is 437. The fourth-order valence-electron chi connectivity index (χ4n) is 2.63. The van der Waals surface area contributed by atoms with E-state index in [-0.39, 0.29) is 0 Å². The van der Waals surface area contributed by atoms with Crippen molar-refractivity contribution in [3.05, 3.63) is 16.1 Å². The molecule has 0 radical (unpaired) electrons. The number of nitrogens with zero attached hydrogens (tertiary/aromatic N) is 1. The van der Waals surface area contributed by atoms with Gasteiger partial charge in [-0.3, -0.25) is 0 Å². The molecule has 2 N–H and O–H groups in total. The molecule has 3 nitrogen and oxygen atoms in total. The lowest BCUT2D eigenvalue weighted by Gasteiger charge is -2.24. The second-order valence-electron chi connectivity index (χ2n) is 5.27. The van der Waals surface area contributed by atoms with Gasteiger partial charge in [-0.05, 0) is 24.8 Å². The lowest BCUT2D eigenvalue weighted by Crippen LogP contribution is -2.27. The lowest BCUT2D eigenvalue weighted by atomic mass is 9.97. The van der Waals surface area contributed by atoms with Crippen molar-refractivity contribution in [3.8, 4) is 0 Å². The molecule has 1 aliphatic carbocycles. The van der Waals surface area contributed by atoms with Gasteiger partial charge in [-0.1, -0.05) is 49.4 Å². The highest BCUT2D eigenvalue weighted by Crippen LogP contribution is 2.32. The monoisotopic (exact) mass is 301 g/mol. The molecule has 0 amide bonds.